The first-order valence-electron chi connectivity index (χ1n) is 13.2. The molecule has 0 saturated carbocycles. The second kappa shape index (κ2) is 14.1. The van der Waals surface area contributed by atoms with Crippen molar-refractivity contribution in [2.75, 3.05) is 27.9 Å². The number of fused-ring (bicyclic) bond motifs is 1. The molecule has 3 aromatic rings. The van der Waals surface area contributed by atoms with Crippen LogP contribution in [0, 0.1) is 11.3 Å². The Morgan fingerprint density at radius 3 is 2.37 bits per heavy atom. The number of hydrogen-bond acceptors (Lipinski definition) is 8. The van der Waals surface area contributed by atoms with Gasteiger partial charge in [-0.15, -0.1) is 0 Å². The number of hydrogen-bond donors (Lipinski definition) is 1. The van der Waals surface area contributed by atoms with Gasteiger partial charge in [-0.05, 0) is 59.5 Å². The summed E-state index contributed by atoms with van der Waals surface area (Å²) in [7, 11) is 4.28. The van der Waals surface area contributed by atoms with Gasteiger partial charge in [0.25, 0.3) is 5.91 Å². The number of nitriles is 1. The Labute approximate surface area is 259 Å². The van der Waals surface area contributed by atoms with E-state index in [2.05, 4.69) is 11.4 Å². The van der Waals surface area contributed by atoms with Gasteiger partial charge in [-0.25, -0.2) is 9.59 Å². The van der Waals surface area contributed by atoms with Crippen LogP contribution in [0.3, 0.4) is 0 Å². The van der Waals surface area contributed by atoms with Crippen LogP contribution in [-0.4, -0.2) is 56.8 Å². The first-order valence-corrected chi connectivity index (χ1v) is 14.0. The van der Waals surface area contributed by atoms with E-state index >= 15 is 0 Å². The highest BCUT2D eigenvalue weighted by atomic mass is 35.5. The minimum atomic E-state index is -1.03. The van der Waals surface area contributed by atoms with Crippen LogP contribution < -0.4 is 19.5 Å². The van der Waals surface area contributed by atoms with Crippen molar-refractivity contribution >= 4 is 41.2 Å². The Kier molecular flexibility index (Phi) is 10.3. The third-order valence-corrected chi connectivity index (χ3v) is 7.69. The molecule has 0 saturated heterocycles. The van der Waals surface area contributed by atoms with Crippen LogP contribution in [0.15, 0.2) is 54.6 Å². The lowest BCUT2D eigenvalue weighted by molar-refractivity contribution is -0.142. The van der Waals surface area contributed by atoms with Crippen molar-refractivity contribution in [3.05, 3.63) is 86.9 Å². The van der Waals surface area contributed by atoms with Crippen molar-refractivity contribution in [2.24, 2.45) is 0 Å². The molecule has 2 atom stereocenters. The summed E-state index contributed by atoms with van der Waals surface area (Å²) in [6, 6.07) is 15.3. The molecule has 0 aliphatic carbocycles. The minimum Gasteiger partial charge on any atom is -0.493 e. The van der Waals surface area contributed by atoms with E-state index in [-0.39, 0.29) is 34.2 Å². The average molecular weight is 626 g/mol. The topological polar surface area (TPSA) is 127 Å². The summed E-state index contributed by atoms with van der Waals surface area (Å²) >= 11 is 12.6. The van der Waals surface area contributed by atoms with E-state index in [4.69, 9.17) is 42.1 Å². The number of methoxy groups -OCH3 is 3. The highest BCUT2D eigenvalue weighted by molar-refractivity contribution is 6.34. The van der Waals surface area contributed by atoms with Gasteiger partial charge in [0.2, 0.25) is 0 Å². The number of nitrogens with zero attached hydrogens (tertiary/aromatic N) is 2. The van der Waals surface area contributed by atoms with Gasteiger partial charge in [-0.3, -0.25) is 9.69 Å². The van der Waals surface area contributed by atoms with Gasteiger partial charge < -0.3 is 24.3 Å². The van der Waals surface area contributed by atoms with Gasteiger partial charge in [0.05, 0.1) is 55.5 Å². The number of amides is 2. The van der Waals surface area contributed by atoms with Crippen LogP contribution in [0.25, 0.3) is 0 Å². The summed E-state index contributed by atoms with van der Waals surface area (Å²) in [5, 5.41) is 12.5. The third kappa shape index (κ3) is 7.13. The Morgan fingerprint density at radius 1 is 1.00 bits per heavy atom. The molecule has 4 rings (SSSR count). The zero-order valence-corrected chi connectivity index (χ0v) is 25.2. The van der Waals surface area contributed by atoms with Crippen molar-refractivity contribution < 1.29 is 33.3 Å². The molecule has 0 fully saturated rings. The quantitative estimate of drug-likeness (QED) is 0.307. The molecule has 1 N–H and O–H groups in total. The zero-order valence-electron chi connectivity index (χ0n) is 23.7. The van der Waals surface area contributed by atoms with Crippen LogP contribution in [0.1, 0.15) is 39.5 Å². The highest BCUT2D eigenvalue weighted by Crippen LogP contribution is 2.40. The van der Waals surface area contributed by atoms with Gasteiger partial charge in [0.15, 0.2) is 17.2 Å². The van der Waals surface area contributed by atoms with Crippen molar-refractivity contribution in [3.63, 3.8) is 0 Å². The summed E-state index contributed by atoms with van der Waals surface area (Å²) in [4.78, 5) is 40.1. The van der Waals surface area contributed by atoms with Gasteiger partial charge in [-0.1, -0.05) is 41.4 Å². The van der Waals surface area contributed by atoms with E-state index < -0.39 is 30.1 Å². The molecular weight excluding hydrogens is 597 g/mol. The molecule has 43 heavy (non-hydrogen) atoms. The van der Waals surface area contributed by atoms with Crippen molar-refractivity contribution in [1.82, 2.24) is 10.2 Å². The van der Waals surface area contributed by atoms with E-state index in [1.54, 1.807) is 43.5 Å². The number of halogens is 2. The molecule has 0 radical (unpaired) electrons. The molecule has 0 bridgehead atoms. The predicted octanol–water partition coefficient (Wildman–Crippen LogP) is 5.54. The Morgan fingerprint density at radius 2 is 1.72 bits per heavy atom. The van der Waals surface area contributed by atoms with E-state index in [0.29, 0.717) is 30.0 Å². The number of carbonyl (C=O) groups excluding carboxylic acids is 3. The fourth-order valence-corrected chi connectivity index (χ4v) is 5.38. The summed E-state index contributed by atoms with van der Waals surface area (Å²) in [6.45, 7) is 0.315. The molecule has 1 aliphatic rings. The molecule has 3 aromatic carbocycles. The fraction of sp³-hybridized carbons (Fsp3) is 0.290. The van der Waals surface area contributed by atoms with Crippen LogP contribution in [-0.2, 0) is 22.4 Å². The van der Waals surface area contributed by atoms with Gasteiger partial charge in [0.1, 0.15) is 6.04 Å². The lowest BCUT2D eigenvalue weighted by Crippen LogP contribution is -2.43. The summed E-state index contributed by atoms with van der Waals surface area (Å²) in [5.74, 6) is -0.0398. The maximum atomic E-state index is 13.3. The molecule has 1 aliphatic heterocycles. The van der Waals surface area contributed by atoms with Crippen molar-refractivity contribution in [3.8, 4) is 23.3 Å². The van der Waals surface area contributed by atoms with Gasteiger partial charge in [0, 0.05) is 13.0 Å². The summed E-state index contributed by atoms with van der Waals surface area (Å²) in [5.41, 5.74) is 2.52. The molecule has 224 valence electrons. The fourth-order valence-electron chi connectivity index (χ4n) is 4.91. The summed E-state index contributed by atoms with van der Waals surface area (Å²) < 4.78 is 21.4. The lowest BCUT2D eigenvalue weighted by Gasteiger charge is -2.35. The molecule has 2 amide bonds. The first kappa shape index (κ1) is 31.5. The molecule has 12 heteroatoms. The Hall–Kier alpha value is -4.46. The van der Waals surface area contributed by atoms with E-state index in [1.807, 2.05) is 6.07 Å². The maximum absolute atomic E-state index is 13.3. The summed E-state index contributed by atoms with van der Waals surface area (Å²) in [6.07, 6.45) is -0.0579. The number of benzene rings is 3. The van der Waals surface area contributed by atoms with Crippen LogP contribution in [0.5, 0.6) is 17.2 Å². The normalized spacial score (nSPS) is 14.5. The molecule has 10 nitrogen and oxygen atoms in total. The minimum absolute atomic E-state index is 0.0408. The predicted molar refractivity (Wildman–Crippen MR) is 159 cm³/mol. The Balaban J connectivity index is 1.50. The maximum Gasteiger partial charge on any atom is 0.415 e. The number of esters is 1. The van der Waals surface area contributed by atoms with Crippen LogP contribution >= 0.6 is 23.2 Å². The first-order chi connectivity index (χ1) is 20.7. The second-order valence-electron chi connectivity index (χ2n) is 9.59. The highest BCUT2D eigenvalue weighted by Gasteiger charge is 2.34. The number of nitrogens with one attached hydrogen (secondary N) is 1. The molecule has 1 unspecified atom stereocenters. The monoisotopic (exact) mass is 625 g/mol. The van der Waals surface area contributed by atoms with Crippen LogP contribution in [0.2, 0.25) is 10.0 Å². The second-order valence-corrected chi connectivity index (χ2v) is 10.4. The van der Waals surface area contributed by atoms with Gasteiger partial charge >= 0.3 is 12.1 Å². The standard InChI is InChI=1S/C31H29Cl2N3O7/c1-40-27-16-19-11-13-36(25(10-12-34)21(19)17-28(27)41-2)31(39)43-26-9-8-18(14-23(26)33)15-24(30(38)42-3)35-29(37)20-6-4-5-7-22(20)32/h4-9,14,16-17,24-25H,10-11,13,15H2,1-3H3,(H,35,37)/t24-,25?/m0/s1. The third-order valence-electron chi connectivity index (χ3n) is 7.06. The molecule has 1 heterocycles. The smallest absolute Gasteiger partial charge is 0.415 e. The SMILES string of the molecule is COC(=O)[C@H](Cc1ccc(OC(=O)N2CCc3cc(OC)c(OC)cc3C2CC#N)c(Cl)c1)NC(=O)c1ccccc1Cl. The van der Waals surface area contributed by atoms with E-state index in [0.717, 1.165) is 11.1 Å². The number of carbonyl (C=O) groups is 3. The molecule has 0 spiro atoms. The molecule has 0 aromatic heterocycles. The largest absolute Gasteiger partial charge is 0.493 e. The van der Waals surface area contributed by atoms with Crippen molar-refractivity contribution in [2.45, 2.75) is 31.3 Å². The zero-order chi connectivity index (χ0) is 31.1. The van der Waals surface area contributed by atoms with Crippen molar-refractivity contribution in [1.29, 1.82) is 5.26 Å². The molecular formula is C31H29Cl2N3O7. The van der Waals surface area contributed by atoms with E-state index in [9.17, 15) is 19.6 Å². The Bertz CT molecular complexity index is 1570. The number of ether oxygens (including phenoxy) is 4. The number of rotatable bonds is 9. The lowest BCUT2D eigenvalue weighted by atomic mass is 9.90. The average Bonchev–Trinajstić information content (AvgIpc) is 3.01. The van der Waals surface area contributed by atoms with Crippen LogP contribution in [0.4, 0.5) is 4.79 Å². The van der Waals surface area contributed by atoms with E-state index in [1.165, 1.54) is 31.3 Å². The van der Waals surface area contributed by atoms with Gasteiger partial charge in [-0.2, -0.15) is 5.26 Å².